The van der Waals surface area contributed by atoms with E-state index in [0.29, 0.717) is 5.57 Å². The van der Waals surface area contributed by atoms with E-state index >= 15 is 0 Å². The lowest BCUT2D eigenvalue weighted by atomic mass is 9.95. The number of hydrogen-bond donors (Lipinski definition) is 5. The monoisotopic (exact) mass is 313 g/mol. The van der Waals surface area contributed by atoms with Gasteiger partial charge in [0, 0.05) is 12.5 Å². The first kappa shape index (κ1) is 17.1. The van der Waals surface area contributed by atoms with Crippen LogP contribution in [-0.4, -0.2) is 75.1 Å². The molecule has 0 aromatic rings. The van der Waals surface area contributed by atoms with Crippen molar-refractivity contribution in [2.75, 3.05) is 6.61 Å². The topological polar surface area (TPSA) is 143 Å². The van der Waals surface area contributed by atoms with Gasteiger partial charge in [-0.3, -0.25) is 0 Å². The average Bonchev–Trinajstić information content (AvgIpc) is 2.50. The lowest BCUT2D eigenvalue weighted by Gasteiger charge is -2.41. The second-order valence-corrected chi connectivity index (χ2v) is 5.26. The van der Waals surface area contributed by atoms with Gasteiger partial charge in [0.05, 0.1) is 24.9 Å². The van der Waals surface area contributed by atoms with E-state index in [0.717, 1.165) is 0 Å². The quantitative estimate of drug-likeness (QED) is 0.374. The molecule has 5 N–H and O–H groups in total. The molecule has 0 spiro atoms. The molecular weight excluding hydrogens is 294 g/mol. The Morgan fingerprint density at radius 3 is 2.64 bits per heavy atom. The standard InChI is InChI=1S/C14H19NO7/c15-4-3-7-1-2-8(17)5-9(7)21-14-13(20)12(19)11(18)10(6-16)22-14/h1-3,8-14,16-20H,5-6H2/b7-3-/t8-,9-,10-,11-,12+,13-,14-/m0/s1. The van der Waals surface area contributed by atoms with Gasteiger partial charge in [-0.1, -0.05) is 12.2 Å². The van der Waals surface area contributed by atoms with Gasteiger partial charge in [-0.05, 0) is 5.57 Å². The molecule has 0 unspecified atom stereocenters. The summed E-state index contributed by atoms with van der Waals surface area (Å²) >= 11 is 0. The Labute approximate surface area is 127 Å². The van der Waals surface area contributed by atoms with Crippen LogP contribution in [-0.2, 0) is 9.47 Å². The van der Waals surface area contributed by atoms with Crippen molar-refractivity contribution in [2.45, 2.75) is 49.3 Å². The molecule has 2 aliphatic rings. The summed E-state index contributed by atoms with van der Waals surface area (Å²) in [5.74, 6) is 0. The maximum atomic E-state index is 9.93. The molecule has 1 aliphatic carbocycles. The van der Waals surface area contributed by atoms with Gasteiger partial charge in [-0.15, -0.1) is 0 Å². The highest BCUT2D eigenvalue weighted by Gasteiger charge is 2.45. The second-order valence-electron chi connectivity index (χ2n) is 5.26. The van der Waals surface area contributed by atoms with Crippen LogP contribution in [0.3, 0.4) is 0 Å². The third kappa shape index (κ3) is 3.53. The highest BCUT2D eigenvalue weighted by molar-refractivity contribution is 5.32. The molecule has 2 rings (SSSR count). The largest absolute Gasteiger partial charge is 0.394 e. The van der Waals surface area contributed by atoms with Crippen molar-refractivity contribution in [3.63, 3.8) is 0 Å². The van der Waals surface area contributed by atoms with Gasteiger partial charge in [-0.2, -0.15) is 5.26 Å². The Balaban J connectivity index is 2.12. The van der Waals surface area contributed by atoms with Gasteiger partial charge < -0.3 is 35.0 Å². The Hall–Kier alpha value is -1.31. The summed E-state index contributed by atoms with van der Waals surface area (Å²) in [6.07, 6.45) is -3.96. The van der Waals surface area contributed by atoms with Crippen LogP contribution in [0.1, 0.15) is 6.42 Å². The van der Waals surface area contributed by atoms with Crippen molar-refractivity contribution in [1.29, 1.82) is 5.26 Å². The molecular formula is C14H19NO7. The molecule has 8 nitrogen and oxygen atoms in total. The molecule has 0 bridgehead atoms. The number of allylic oxidation sites excluding steroid dienone is 1. The fourth-order valence-electron chi connectivity index (χ4n) is 2.45. The number of nitriles is 1. The molecule has 0 radical (unpaired) electrons. The van der Waals surface area contributed by atoms with E-state index in [2.05, 4.69) is 0 Å². The molecule has 0 amide bonds. The first-order valence-corrected chi connectivity index (χ1v) is 6.89. The summed E-state index contributed by atoms with van der Waals surface area (Å²) in [4.78, 5) is 0. The summed E-state index contributed by atoms with van der Waals surface area (Å²) in [7, 11) is 0. The molecule has 122 valence electrons. The Morgan fingerprint density at radius 2 is 2.00 bits per heavy atom. The van der Waals surface area contributed by atoms with Crippen LogP contribution in [0.15, 0.2) is 23.8 Å². The Morgan fingerprint density at radius 1 is 1.27 bits per heavy atom. The van der Waals surface area contributed by atoms with Gasteiger partial charge in [-0.25, -0.2) is 0 Å². The molecule has 1 saturated heterocycles. The van der Waals surface area contributed by atoms with Crippen LogP contribution in [0.4, 0.5) is 0 Å². The van der Waals surface area contributed by atoms with Crippen molar-refractivity contribution in [2.24, 2.45) is 0 Å². The van der Waals surface area contributed by atoms with Gasteiger partial charge in [0.25, 0.3) is 0 Å². The molecule has 0 saturated carbocycles. The highest BCUT2D eigenvalue weighted by Crippen LogP contribution is 2.28. The van der Waals surface area contributed by atoms with Crippen LogP contribution in [0.2, 0.25) is 0 Å². The van der Waals surface area contributed by atoms with Crippen molar-refractivity contribution in [1.82, 2.24) is 0 Å². The van der Waals surface area contributed by atoms with Crippen LogP contribution >= 0.6 is 0 Å². The summed E-state index contributed by atoms with van der Waals surface area (Å²) in [5, 5.41) is 56.9. The number of aliphatic hydroxyl groups is 5. The fraction of sp³-hybridized carbons (Fsp3) is 0.643. The van der Waals surface area contributed by atoms with Crippen molar-refractivity contribution < 1.29 is 35.0 Å². The molecule has 22 heavy (non-hydrogen) atoms. The average molecular weight is 313 g/mol. The first-order chi connectivity index (χ1) is 10.5. The molecule has 8 heteroatoms. The van der Waals surface area contributed by atoms with Crippen LogP contribution in [0, 0.1) is 11.3 Å². The maximum Gasteiger partial charge on any atom is 0.187 e. The second kappa shape index (κ2) is 7.30. The van der Waals surface area contributed by atoms with Crippen molar-refractivity contribution in [3.8, 4) is 6.07 Å². The number of nitrogens with zero attached hydrogens (tertiary/aromatic N) is 1. The minimum absolute atomic E-state index is 0.152. The highest BCUT2D eigenvalue weighted by atomic mass is 16.7. The first-order valence-electron chi connectivity index (χ1n) is 6.89. The van der Waals surface area contributed by atoms with Gasteiger partial charge in [0.15, 0.2) is 6.29 Å². The number of ether oxygens (including phenoxy) is 2. The zero-order chi connectivity index (χ0) is 16.3. The van der Waals surface area contributed by atoms with Gasteiger partial charge in [0.2, 0.25) is 0 Å². The van der Waals surface area contributed by atoms with E-state index in [1.807, 2.05) is 6.07 Å². The lowest BCUT2D eigenvalue weighted by Crippen LogP contribution is -2.59. The molecule has 7 atom stereocenters. The third-order valence-corrected chi connectivity index (χ3v) is 3.72. The van der Waals surface area contributed by atoms with Crippen LogP contribution < -0.4 is 0 Å². The Kier molecular flexibility index (Phi) is 5.66. The van der Waals surface area contributed by atoms with Crippen molar-refractivity contribution in [3.05, 3.63) is 23.8 Å². The Bertz CT molecular complexity index is 484. The van der Waals surface area contributed by atoms with E-state index in [4.69, 9.17) is 19.8 Å². The number of hydrogen-bond acceptors (Lipinski definition) is 8. The summed E-state index contributed by atoms with van der Waals surface area (Å²) < 4.78 is 10.8. The predicted octanol–water partition coefficient (Wildman–Crippen LogP) is -2.06. The third-order valence-electron chi connectivity index (χ3n) is 3.72. The zero-order valence-corrected chi connectivity index (χ0v) is 11.7. The molecule has 0 aromatic heterocycles. The van der Waals surface area contributed by atoms with E-state index in [-0.39, 0.29) is 6.42 Å². The predicted molar refractivity (Wildman–Crippen MR) is 72.1 cm³/mol. The van der Waals surface area contributed by atoms with E-state index in [1.54, 1.807) is 0 Å². The number of rotatable bonds is 3. The maximum absolute atomic E-state index is 9.93. The van der Waals surface area contributed by atoms with Crippen LogP contribution in [0.5, 0.6) is 0 Å². The summed E-state index contributed by atoms with van der Waals surface area (Å²) in [6, 6.07) is 1.86. The summed E-state index contributed by atoms with van der Waals surface area (Å²) in [6.45, 7) is -0.557. The smallest absolute Gasteiger partial charge is 0.187 e. The van der Waals surface area contributed by atoms with E-state index in [1.165, 1.54) is 18.2 Å². The van der Waals surface area contributed by atoms with E-state index in [9.17, 15) is 20.4 Å². The molecule has 0 aromatic carbocycles. The van der Waals surface area contributed by atoms with E-state index < -0.39 is 49.5 Å². The minimum atomic E-state index is -1.54. The molecule has 1 fully saturated rings. The summed E-state index contributed by atoms with van der Waals surface area (Å²) in [5.41, 5.74) is 0.491. The van der Waals surface area contributed by atoms with Crippen LogP contribution in [0.25, 0.3) is 0 Å². The van der Waals surface area contributed by atoms with Gasteiger partial charge >= 0.3 is 0 Å². The lowest BCUT2D eigenvalue weighted by molar-refractivity contribution is -0.309. The van der Waals surface area contributed by atoms with Gasteiger partial charge in [0.1, 0.15) is 24.4 Å². The molecule has 1 aliphatic heterocycles. The SMILES string of the molecule is N#C/C=C1/C=C[C@H](O)C[C@@H]1O[C@H]1O[C@@H](CO)[C@H](O)[C@@H](O)[C@@H]1O. The van der Waals surface area contributed by atoms with Crippen molar-refractivity contribution >= 4 is 0 Å². The minimum Gasteiger partial charge on any atom is -0.394 e. The molecule has 1 heterocycles. The normalized spacial score (nSPS) is 44.0. The number of aliphatic hydroxyl groups excluding tert-OH is 5. The fourth-order valence-corrected chi connectivity index (χ4v) is 2.45. The zero-order valence-electron chi connectivity index (χ0n) is 11.7.